The molecule has 180 valence electrons. The van der Waals surface area contributed by atoms with Crippen LogP contribution in [0.4, 0.5) is 11.4 Å². The van der Waals surface area contributed by atoms with Gasteiger partial charge in [-0.2, -0.15) is 11.3 Å². The molecule has 6 heteroatoms. The van der Waals surface area contributed by atoms with E-state index in [9.17, 15) is 0 Å². The number of fused-ring (bicyclic) bond motifs is 11. The van der Waals surface area contributed by atoms with E-state index in [1.165, 1.54) is 33.2 Å². The van der Waals surface area contributed by atoms with Gasteiger partial charge in [0.2, 0.25) is 0 Å². The van der Waals surface area contributed by atoms with Crippen molar-refractivity contribution in [1.29, 1.82) is 0 Å². The first-order valence-corrected chi connectivity index (χ1v) is 13.2. The molecule has 0 unspecified atom stereocenters. The molecule has 0 spiro atoms. The minimum Gasteiger partial charge on any atom is -0.407 e. The van der Waals surface area contributed by atoms with Gasteiger partial charge in [0.05, 0.1) is 0 Å². The summed E-state index contributed by atoms with van der Waals surface area (Å²) in [4.78, 5) is 11.6. The molecule has 0 amide bonds. The fourth-order valence-electron chi connectivity index (χ4n) is 5.71. The Balaban J connectivity index is 0.00000242. The van der Waals surface area contributed by atoms with Crippen LogP contribution in [-0.4, -0.2) is 16.8 Å². The van der Waals surface area contributed by atoms with Crippen molar-refractivity contribution in [3.05, 3.63) is 121 Å². The van der Waals surface area contributed by atoms with E-state index in [2.05, 4.69) is 99.7 Å². The minimum absolute atomic E-state index is 0. The number of anilines is 2. The quantitative estimate of drug-likeness (QED) is 0.173. The van der Waals surface area contributed by atoms with Crippen LogP contribution in [0.25, 0.3) is 44.1 Å². The fraction of sp³-hybridized carbons (Fsp3) is 0. The number of thiazole rings is 1. The average Bonchev–Trinajstić information content (AvgIpc) is 3.52. The topological polar surface area (TPSA) is 29.0 Å². The Kier molecular flexibility index (Phi) is 5.63. The largest absolute Gasteiger partial charge is 2.00 e. The van der Waals surface area contributed by atoms with Crippen LogP contribution < -0.4 is 15.7 Å². The first kappa shape index (κ1) is 23.3. The summed E-state index contributed by atoms with van der Waals surface area (Å²) < 4.78 is 0. The summed E-state index contributed by atoms with van der Waals surface area (Å²) in [7, 11) is 0. The van der Waals surface area contributed by atoms with Crippen LogP contribution in [0.3, 0.4) is 0 Å². The molecule has 0 fully saturated rings. The summed E-state index contributed by atoms with van der Waals surface area (Å²) in [5, 5.41) is 2.99. The number of hydrogen-bond acceptors (Lipinski definition) is 4. The molecule has 0 aliphatic carbocycles. The molecule has 3 nitrogen and oxygen atoms in total. The van der Waals surface area contributed by atoms with Crippen molar-refractivity contribution < 1.29 is 20.4 Å². The molecule has 0 bridgehead atoms. The summed E-state index contributed by atoms with van der Waals surface area (Å²) in [6, 6.07) is 39.8. The van der Waals surface area contributed by atoms with Crippen LogP contribution >= 0.6 is 11.3 Å². The first-order chi connectivity index (χ1) is 18.4. The van der Waals surface area contributed by atoms with Crippen molar-refractivity contribution in [1.82, 2.24) is 9.97 Å². The van der Waals surface area contributed by atoms with Gasteiger partial charge in [0.25, 0.3) is 0 Å². The van der Waals surface area contributed by atoms with Crippen LogP contribution in [0.15, 0.2) is 109 Å². The van der Waals surface area contributed by atoms with Gasteiger partial charge in [0, 0.05) is 22.8 Å². The van der Waals surface area contributed by atoms with Crippen molar-refractivity contribution >= 4 is 40.5 Å². The number of nitrogens with zero attached hydrogens (tertiary/aromatic N) is 3. The van der Waals surface area contributed by atoms with Crippen molar-refractivity contribution in [2.75, 3.05) is 4.81 Å². The van der Waals surface area contributed by atoms with Gasteiger partial charge in [-0.3, -0.25) is 4.98 Å². The standard InChI is InChI=1S/C32H18BN3S.Pd/c1-3-9-27-23(7-1)25-14-12-21(29-11-5-6-16-34-29)19-30(25)36-31-20-22(32-35-17-18-37-32)13-15-26(31)24-8-2-4-10-28(24)33(27)36;/h1-18H;/q-2;+2. The van der Waals surface area contributed by atoms with Crippen molar-refractivity contribution in [2.45, 2.75) is 0 Å². The van der Waals surface area contributed by atoms with Gasteiger partial charge in [-0.05, 0) is 11.8 Å². The van der Waals surface area contributed by atoms with E-state index in [1.54, 1.807) is 11.3 Å². The molecule has 0 atom stereocenters. The molecule has 4 aromatic carbocycles. The summed E-state index contributed by atoms with van der Waals surface area (Å²) in [5.74, 6) is 0. The van der Waals surface area contributed by atoms with Gasteiger partial charge in [-0.15, -0.1) is 47.5 Å². The second-order valence-corrected chi connectivity index (χ2v) is 10.2. The Morgan fingerprint density at radius 1 is 0.605 bits per heavy atom. The summed E-state index contributed by atoms with van der Waals surface area (Å²) in [5.41, 5.74) is 12.4. The smallest absolute Gasteiger partial charge is 0.407 e. The SMILES string of the molecule is [Pd+2].[c-]1c(-c2ccccn2)ccc2c1N1B(c3ccccc3-2)c2ccccc2-c2ccc(-c3nccs3)[c-]c21. The average molecular weight is 594 g/mol. The van der Waals surface area contributed by atoms with Gasteiger partial charge in [0.15, 0.2) is 0 Å². The van der Waals surface area contributed by atoms with Crippen LogP contribution in [0.1, 0.15) is 0 Å². The zero-order chi connectivity index (χ0) is 24.3. The maximum atomic E-state index is 4.61. The van der Waals surface area contributed by atoms with Crippen LogP contribution in [-0.2, 0) is 20.4 Å². The van der Waals surface area contributed by atoms with E-state index < -0.39 is 0 Å². The summed E-state index contributed by atoms with van der Waals surface area (Å²) >= 11 is 1.64. The molecule has 2 aliphatic heterocycles. The third kappa shape index (κ3) is 3.46. The monoisotopic (exact) mass is 593 g/mol. The maximum Gasteiger partial charge on any atom is 2.00 e. The van der Waals surface area contributed by atoms with E-state index >= 15 is 0 Å². The van der Waals surface area contributed by atoms with Gasteiger partial charge in [-0.25, -0.2) is 0 Å². The van der Waals surface area contributed by atoms with Crippen molar-refractivity contribution in [2.24, 2.45) is 0 Å². The molecule has 4 heterocycles. The zero-order valence-corrected chi connectivity index (χ0v) is 22.4. The van der Waals surface area contributed by atoms with Crippen LogP contribution in [0, 0.1) is 12.1 Å². The first-order valence-electron chi connectivity index (χ1n) is 12.3. The number of benzene rings is 4. The number of rotatable bonds is 2. The van der Waals surface area contributed by atoms with Gasteiger partial charge < -0.3 is 9.79 Å². The Hall–Kier alpha value is -3.81. The number of pyridine rings is 1. The van der Waals surface area contributed by atoms with E-state index in [4.69, 9.17) is 0 Å². The Morgan fingerprint density at radius 3 is 1.87 bits per heavy atom. The summed E-state index contributed by atoms with van der Waals surface area (Å²) in [6.07, 6.45) is 3.69. The summed E-state index contributed by atoms with van der Waals surface area (Å²) in [6.45, 7) is 0.0189. The molecule has 6 aromatic rings. The Labute approximate surface area is 239 Å². The van der Waals surface area contributed by atoms with Gasteiger partial charge in [0.1, 0.15) is 0 Å². The van der Waals surface area contributed by atoms with Crippen LogP contribution in [0.5, 0.6) is 0 Å². The minimum atomic E-state index is 0. The third-order valence-electron chi connectivity index (χ3n) is 7.28. The molecule has 8 rings (SSSR count). The Morgan fingerprint density at radius 2 is 1.24 bits per heavy atom. The predicted molar refractivity (Wildman–Crippen MR) is 153 cm³/mol. The van der Waals surface area contributed by atoms with E-state index in [0.29, 0.717) is 0 Å². The number of aromatic nitrogens is 2. The predicted octanol–water partition coefficient (Wildman–Crippen LogP) is 6.37. The second-order valence-electron chi connectivity index (χ2n) is 9.27. The zero-order valence-electron chi connectivity index (χ0n) is 20.0. The van der Waals surface area contributed by atoms with Crippen molar-refractivity contribution in [3.8, 4) is 44.1 Å². The van der Waals surface area contributed by atoms with E-state index in [0.717, 1.165) is 33.2 Å². The molecule has 0 saturated heterocycles. The molecular weight excluding hydrogens is 576 g/mol. The van der Waals surface area contributed by atoms with Crippen LogP contribution in [0.2, 0.25) is 0 Å². The normalized spacial score (nSPS) is 12.4. The molecule has 0 radical (unpaired) electrons. The van der Waals surface area contributed by atoms with Gasteiger partial charge >= 0.3 is 27.3 Å². The Bertz CT molecular complexity index is 1800. The van der Waals surface area contributed by atoms with Crippen molar-refractivity contribution in [3.63, 3.8) is 0 Å². The second kappa shape index (κ2) is 9.18. The molecular formula is C32H18BN3PdS. The van der Waals surface area contributed by atoms with E-state index in [1.807, 2.05) is 36.0 Å². The van der Waals surface area contributed by atoms with E-state index in [-0.39, 0.29) is 27.3 Å². The fourth-order valence-corrected chi connectivity index (χ4v) is 6.33. The third-order valence-corrected chi connectivity index (χ3v) is 8.09. The maximum absolute atomic E-state index is 4.61. The molecule has 0 N–H and O–H groups in total. The molecule has 2 aliphatic rings. The van der Waals surface area contributed by atoms with Gasteiger partial charge in [-0.1, -0.05) is 105 Å². The number of hydrogen-bond donors (Lipinski definition) is 0. The molecule has 38 heavy (non-hydrogen) atoms. The molecule has 0 saturated carbocycles. The molecule has 2 aromatic heterocycles.